The number of carbonyl (C=O) groups is 1. The van der Waals surface area contributed by atoms with E-state index >= 15 is 0 Å². The van der Waals surface area contributed by atoms with E-state index in [1.165, 1.54) is 5.56 Å². The molecule has 2 heteroatoms. The van der Waals surface area contributed by atoms with E-state index in [0.717, 1.165) is 5.56 Å². The number of rotatable bonds is 3. The molecular formula is C13H20O2. The Balaban J connectivity index is 0.000000921. The normalized spacial score (nSPS) is 8.80. The van der Waals surface area contributed by atoms with Gasteiger partial charge in [-0.2, -0.15) is 0 Å². The van der Waals surface area contributed by atoms with Gasteiger partial charge >= 0.3 is 5.97 Å². The summed E-state index contributed by atoms with van der Waals surface area (Å²) in [7, 11) is 0. The second kappa shape index (κ2) is 8.04. The van der Waals surface area contributed by atoms with Gasteiger partial charge in [0.1, 0.15) is 6.61 Å². The molecule has 0 saturated carbocycles. The summed E-state index contributed by atoms with van der Waals surface area (Å²) in [6, 6.07) is 7.96. The van der Waals surface area contributed by atoms with Crippen LogP contribution in [-0.4, -0.2) is 5.97 Å². The lowest BCUT2D eigenvalue weighted by molar-refractivity contribution is -0.144. The fourth-order valence-corrected chi connectivity index (χ4v) is 0.950. The van der Waals surface area contributed by atoms with Crippen molar-refractivity contribution < 1.29 is 9.53 Å². The van der Waals surface area contributed by atoms with E-state index < -0.39 is 0 Å². The largest absolute Gasteiger partial charge is 0.461 e. The quantitative estimate of drug-likeness (QED) is 0.711. The molecule has 0 atom stereocenters. The van der Waals surface area contributed by atoms with Crippen LogP contribution in [0.2, 0.25) is 0 Å². The highest BCUT2D eigenvalue weighted by molar-refractivity contribution is 5.68. The average molecular weight is 208 g/mol. The molecule has 1 aromatic carbocycles. The molecule has 15 heavy (non-hydrogen) atoms. The molecular weight excluding hydrogens is 188 g/mol. The van der Waals surface area contributed by atoms with E-state index in [4.69, 9.17) is 4.74 Å². The van der Waals surface area contributed by atoms with Crippen molar-refractivity contribution in [3.8, 4) is 0 Å². The van der Waals surface area contributed by atoms with Crippen LogP contribution < -0.4 is 0 Å². The van der Waals surface area contributed by atoms with E-state index in [1.54, 1.807) is 6.92 Å². The zero-order chi connectivity index (χ0) is 11.7. The minimum absolute atomic E-state index is 0.152. The van der Waals surface area contributed by atoms with Gasteiger partial charge in [0.25, 0.3) is 0 Å². The van der Waals surface area contributed by atoms with Crippen molar-refractivity contribution >= 4 is 5.97 Å². The first-order chi connectivity index (χ1) is 7.22. The van der Waals surface area contributed by atoms with Crippen LogP contribution in [0, 0.1) is 6.92 Å². The van der Waals surface area contributed by atoms with Crippen molar-refractivity contribution in [3.05, 3.63) is 35.4 Å². The maximum atomic E-state index is 10.8. The van der Waals surface area contributed by atoms with Gasteiger partial charge in [-0.25, -0.2) is 0 Å². The first-order valence-corrected chi connectivity index (χ1v) is 5.43. The van der Waals surface area contributed by atoms with E-state index in [9.17, 15) is 4.79 Å². The fourth-order valence-electron chi connectivity index (χ4n) is 0.950. The number of benzene rings is 1. The SMILES string of the molecule is CC.CCC(=O)OCc1ccc(C)cc1. The van der Waals surface area contributed by atoms with Crippen LogP contribution in [0.5, 0.6) is 0 Å². The van der Waals surface area contributed by atoms with Gasteiger partial charge in [-0.15, -0.1) is 0 Å². The van der Waals surface area contributed by atoms with Crippen LogP contribution in [0.3, 0.4) is 0 Å². The van der Waals surface area contributed by atoms with Crippen LogP contribution in [0.15, 0.2) is 24.3 Å². The van der Waals surface area contributed by atoms with Crippen LogP contribution in [0.4, 0.5) is 0 Å². The molecule has 0 aliphatic carbocycles. The first kappa shape index (κ1) is 13.7. The molecule has 0 fully saturated rings. The van der Waals surface area contributed by atoms with Gasteiger partial charge in [-0.3, -0.25) is 4.79 Å². The molecule has 0 bridgehead atoms. The second-order valence-corrected chi connectivity index (χ2v) is 3.00. The van der Waals surface area contributed by atoms with Crippen LogP contribution in [0.25, 0.3) is 0 Å². The number of carbonyl (C=O) groups excluding carboxylic acids is 1. The monoisotopic (exact) mass is 208 g/mol. The summed E-state index contributed by atoms with van der Waals surface area (Å²) in [6.45, 7) is 8.20. The lowest BCUT2D eigenvalue weighted by Crippen LogP contribution is -2.02. The lowest BCUT2D eigenvalue weighted by atomic mass is 10.2. The summed E-state index contributed by atoms with van der Waals surface area (Å²) in [5.74, 6) is -0.152. The molecule has 0 spiro atoms. The van der Waals surface area contributed by atoms with Crippen LogP contribution in [-0.2, 0) is 16.1 Å². The Labute approximate surface area is 92.3 Å². The third-order valence-corrected chi connectivity index (χ3v) is 1.81. The third-order valence-electron chi connectivity index (χ3n) is 1.81. The predicted molar refractivity (Wildman–Crippen MR) is 62.6 cm³/mol. The van der Waals surface area contributed by atoms with Gasteiger partial charge in [0.05, 0.1) is 0 Å². The van der Waals surface area contributed by atoms with E-state index in [2.05, 4.69) is 0 Å². The minimum atomic E-state index is -0.152. The number of esters is 1. The Hall–Kier alpha value is -1.31. The van der Waals surface area contributed by atoms with Gasteiger partial charge in [0.15, 0.2) is 0 Å². The Morgan fingerprint density at radius 1 is 1.20 bits per heavy atom. The highest BCUT2D eigenvalue weighted by Gasteiger charge is 1.98. The Bertz CT molecular complexity index is 275. The molecule has 0 N–H and O–H groups in total. The summed E-state index contributed by atoms with van der Waals surface area (Å²) in [4.78, 5) is 10.8. The molecule has 0 amide bonds. The Morgan fingerprint density at radius 3 is 2.20 bits per heavy atom. The second-order valence-electron chi connectivity index (χ2n) is 3.00. The highest BCUT2D eigenvalue weighted by atomic mass is 16.5. The van der Waals surface area contributed by atoms with Crippen molar-refractivity contribution in [1.29, 1.82) is 0 Å². The van der Waals surface area contributed by atoms with Crippen LogP contribution in [0.1, 0.15) is 38.3 Å². The van der Waals surface area contributed by atoms with Gasteiger partial charge < -0.3 is 4.74 Å². The van der Waals surface area contributed by atoms with E-state index in [0.29, 0.717) is 13.0 Å². The number of aryl methyl sites for hydroxylation is 1. The van der Waals surface area contributed by atoms with E-state index in [-0.39, 0.29) is 5.97 Å². The zero-order valence-electron chi connectivity index (χ0n) is 10.0. The molecule has 84 valence electrons. The first-order valence-electron chi connectivity index (χ1n) is 5.43. The average Bonchev–Trinajstić information content (AvgIpc) is 2.30. The highest BCUT2D eigenvalue weighted by Crippen LogP contribution is 2.04. The van der Waals surface area contributed by atoms with Gasteiger partial charge in [0.2, 0.25) is 0 Å². The molecule has 2 nitrogen and oxygen atoms in total. The Kier molecular flexibility index (Phi) is 7.33. The standard InChI is InChI=1S/C11H14O2.C2H6/c1-3-11(12)13-8-10-6-4-9(2)5-7-10;1-2/h4-7H,3,8H2,1-2H3;1-2H3. The zero-order valence-corrected chi connectivity index (χ0v) is 10.0. The van der Waals surface area contributed by atoms with Gasteiger partial charge in [-0.1, -0.05) is 50.6 Å². The molecule has 0 unspecified atom stereocenters. The van der Waals surface area contributed by atoms with Crippen molar-refractivity contribution in [2.24, 2.45) is 0 Å². The molecule has 0 saturated heterocycles. The molecule has 0 heterocycles. The Morgan fingerprint density at radius 2 is 1.73 bits per heavy atom. The molecule has 0 radical (unpaired) electrons. The number of hydrogen-bond acceptors (Lipinski definition) is 2. The van der Waals surface area contributed by atoms with Crippen LogP contribution >= 0.6 is 0 Å². The lowest BCUT2D eigenvalue weighted by Gasteiger charge is -2.03. The van der Waals surface area contributed by atoms with Gasteiger partial charge in [-0.05, 0) is 12.5 Å². The van der Waals surface area contributed by atoms with Crippen molar-refractivity contribution in [2.45, 2.75) is 40.7 Å². The summed E-state index contributed by atoms with van der Waals surface area (Å²) in [5.41, 5.74) is 2.25. The molecule has 0 aromatic heterocycles. The van der Waals surface area contributed by atoms with Crippen molar-refractivity contribution in [2.75, 3.05) is 0 Å². The molecule has 1 aromatic rings. The van der Waals surface area contributed by atoms with E-state index in [1.807, 2.05) is 45.0 Å². The minimum Gasteiger partial charge on any atom is -0.461 e. The number of hydrogen-bond donors (Lipinski definition) is 0. The van der Waals surface area contributed by atoms with Gasteiger partial charge in [0, 0.05) is 6.42 Å². The fraction of sp³-hybridized carbons (Fsp3) is 0.462. The summed E-state index contributed by atoms with van der Waals surface area (Å²) >= 11 is 0. The van der Waals surface area contributed by atoms with Crippen molar-refractivity contribution in [1.82, 2.24) is 0 Å². The summed E-state index contributed by atoms with van der Waals surface area (Å²) in [6.07, 6.45) is 0.436. The number of ether oxygens (including phenoxy) is 1. The predicted octanol–water partition coefficient (Wildman–Crippen LogP) is 3.47. The summed E-state index contributed by atoms with van der Waals surface area (Å²) in [5, 5.41) is 0. The molecule has 1 rings (SSSR count). The molecule has 0 aliphatic rings. The maximum Gasteiger partial charge on any atom is 0.305 e. The topological polar surface area (TPSA) is 26.3 Å². The summed E-state index contributed by atoms with van der Waals surface area (Å²) < 4.78 is 4.98. The third kappa shape index (κ3) is 5.89. The molecule has 0 aliphatic heterocycles. The van der Waals surface area contributed by atoms with Crippen molar-refractivity contribution in [3.63, 3.8) is 0 Å². The smallest absolute Gasteiger partial charge is 0.305 e. The maximum absolute atomic E-state index is 10.8.